The van der Waals surface area contributed by atoms with E-state index in [-0.39, 0.29) is 28.9 Å². The fourth-order valence-electron chi connectivity index (χ4n) is 4.93. The Balaban J connectivity index is 1.91. The van der Waals surface area contributed by atoms with E-state index < -0.39 is 35.4 Å². The number of anilines is 2. The van der Waals surface area contributed by atoms with Gasteiger partial charge in [0.1, 0.15) is 5.82 Å². The first-order valence-electron chi connectivity index (χ1n) is 12.9. The number of carbonyl (C=O) groups excluding carboxylic acids is 2. The molecule has 1 aromatic heterocycles. The number of amides is 1. The van der Waals surface area contributed by atoms with Gasteiger partial charge in [-0.15, -0.1) is 0 Å². The largest absolute Gasteiger partial charge is 0.344 e. The van der Waals surface area contributed by atoms with Crippen molar-refractivity contribution >= 4 is 28.9 Å². The third-order valence-electron chi connectivity index (χ3n) is 7.36. The predicted octanol–water partition coefficient (Wildman–Crippen LogP) is 4.88. The van der Waals surface area contributed by atoms with Crippen molar-refractivity contribution < 1.29 is 18.4 Å². The van der Waals surface area contributed by atoms with Crippen molar-refractivity contribution in [1.82, 2.24) is 15.6 Å². The highest BCUT2D eigenvalue weighted by molar-refractivity contribution is 6.42. The Morgan fingerprint density at radius 1 is 1.14 bits per heavy atom. The number of hydrogen-bond acceptors (Lipinski definition) is 6. The van der Waals surface area contributed by atoms with E-state index in [1.165, 1.54) is 41.4 Å². The van der Waals surface area contributed by atoms with E-state index in [1.807, 2.05) is 0 Å². The SMILES string of the molecule is CC[C@H](C(=N)C(=O)[C@@H](NC(=O)[C@H](C)NC)C1CCCCC1)c1ccnc(N(C)c2ccc(F)cc2)c1F. The topological polar surface area (TPSA) is 98.2 Å². The lowest BCUT2D eigenvalue weighted by Gasteiger charge is -2.32. The predicted molar refractivity (Wildman–Crippen MR) is 141 cm³/mol. The van der Waals surface area contributed by atoms with Crippen LogP contribution in [0.25, 0.3) is 0 Å². The van der Waals surface area contributed by atoms with Crippen molar-refractivity contribution in [3.05, 3.63) is 53.7 Å². The zero-order valence-corrected chi connectivity index (χ0v) is 22.0. The number of ketones is 1. The smallest absolute Gasteiger partial charge is 0.237 e. The van der Waals surface area contributed by atoms with Crippen molar-refractivity contribution in [2.45, 2.75) is 70.4 Å². The number of benzene rings is 1. The van der Waals surface area contributed by atoms with Gasteiger partial charge in [0.15, 0.2) is 17.4 Å². The maximum Gasteiger partial charge on any atom is 0.237 e. The third-order valence-corrected chi connectivity index (χ3v) is 7.36. The summed E-state index contributed by atoms with van der Waals surface area (Å²) < 4.78 is 29.2. The zero-order valence-electron chi connectivity index (χ0n) is 22.0. The van der Waals surface area contributed by atoms with Crippen LogP contribution in [0.2, 0.25) is 0 Å². The van der Waals surface area contributed by atoms with Crippen LogP contribution < -0.4 is 15.5 Å². The Kier molecular flexibility index (Phi) is 9.86. The molecule has 3 rings (SSSR count). The quantitative estimate of drug-likeness (QED) is 0.372. The van der Waals surface area contributed by atoms with Gasteiger partial charge in [0.05, 0.1) is 17.8 Å². The molecule has 1 aliphatic carbocycles. The first kappa shape index (κ1) is 28.4. The van der Waals surface area contributed by atoms with Gasteiger partial charge < -0.3 is 20.9 Å². The molecule has 1 fully saturated rings. The number of nitrogens with one attached hydrogen (secondary N) is 3. The van der Waals surface area contributed by atoms with Crippen molar-refractivity contribution in [3.8, 4) is 0 Å². The number of Topliss-reactive ketones (excluding diaryl/α,β-unsaturated/α-hetero) is 1. The summed E-state index contributed by atoms with van der Waals surface area (Å²) in [5.74, 6) is -2.66. The van der Waals surface area contributed by atoms with Gasteiger partial charge in [-0.2, -0.15) is 0 Å². The minimum absolute atomic E-state index is 0.0165. The molecule has 1 aromatic carbocycles. The fourth-order valence-corrected chi connectivity index (χ4v) is 4.93. The molecule has 0 unspecified atom stereocenters. The lowest BCUT2D eigenvalue weighted by molar-refractivity contribution is -0.127. The van der Waals surface area contributed by atoms with Gasteiger partial charge in [-0.25, -0.2) is 13.8 Å². The second-order valence-electron chi connectivity index (χ2n) is 9.71. The molecule has 0 bridgehead atoms. The minimum atomic E-state index is -0.823. The molecule has 37 heavy (non-hydrogen) atoms. The third kappa shape index (κ3) is 6.57. The van der Waals surface area contributed by atoms with Crippen LogP contribution in [0.15, 0.2) is 36.5 Å². The molecule has 1 heterocycles. The second kappa shape index (κ2) is 12.9. The molecule has 0 saturated heterocycles. The van der Waals surface area contributed by atoms with Crippen LogP contribution in [0, 0.1) is 23.0 Å². The van der Waals surface area contributed by atoms with Gasteiger partial charge in [-0.3, -0.25) is 9.59 Å². The standard InChI is InChI=1S/C28H37F2N5O2/c1-5-21(22-15-16-33-27(23(22)30)35(4)20-13-11-19(29)12-14-20)24(31)26(36)25(18-9-7-6-8-10-18)34-28(37)17(2)32-3/h11-18,21,25,31-32H,5-10H2,1-4H3,(H,34,37)/t17-,21-,25-/m0/s1. The molecule has 3 atom stereocenters. The van der Waals surface area contributed by atoms with Crippen molar-refractivity contribution in [2.75, 3.05) is 19.0 Å². The molecule has 3 N–H and O–H groups in total. The molecular weight excluding hydrogens is 476 g/mol. The van der Waals surface area contributed by atoms with Gasteiger partial charge in [-0.05, 0) is 69.5 Å². The van der Waals surface area contributed by atoms with E-state index in [9.17, 15) is 14.0 Å². The molecule has 0 radical (unpaired) electrons. The number of pyridine rings is 1. The van der Waals surface area contributed by atoms with E-state index >= 15 is 4.39 Å². The van der Waals surface area contributed by atoms with Crippen LogP contribution in [0.1, 0.15) is 63.9 Å². The monoisotopic (exact) mass is 513 g/mol. The highest BCUT2D eigenvalue weighted by Crippen LogP contribution is 2.33. The van der Waals surface area contributed by atoms with Crippen molar-refractivity contribution in [2.24, 2.45) is 5.92 Å². The molecule has 0 spiro atoms. The van der Waals surface area contributed by atoms with E-state index in [0.717, 1.165) is 32.1 Å². The average molecular weight is 514 g/mol. The summed E-state index contributed by atoms with van der Waals surface area (Å²) >= 11 is 0. The summed E-state index contributed by atoms with van der Waals surface area (Å²) in [4.78, 5) is 32.1. The normalized spacial score (nSPS) is 16.5. The second-order valence-corrected chi connectivity index (χ2v) is 9.71. The molecule has 1 aliphatic rings. The lowest BCUT2D eigenvalue weighted by Crippen LogP contribution is -2.53. The van der Waals surface area contributed by atoms with Gasteiger partial charge in [0.2, 0.25) is 5.91 Å². The zero-order chi connectivity index (χ0) is 27.1. The minimum Gasteiger partial charge on any atom is -0.344 e. The van der Waals surface area contributed by atoms with Crippen LogP contribution in [-0.2, 0) is 9.59 Å². The summed E-state index contributed by atoms with van der Waals surface area (Å²) in [5, 5.41) is 14.6. The van der Waals surface area contributed by atoms with E-state index in [4.69, 9.17) is 5.41 Å². The number of hydrogen-bond donors (Lipinski definition) is 3. The molecular formula is C28H37F2N5O2. The van der Waals surface area contributed by atoms with Crippen LogP contribution in [0.3, 0.4) is 0 Å². The van der Waals surface area contributed by atoms with Gasteiger partial charge in [-0.1, -0.05) is 26.2 Å². The Hall–Kier alpha value is -3.20. The maximum atomic E-state index is 15.8. The highest BCUT2D eigenvalue weighted by Gasteiger charge is 2.36. The first-order valence-corrected chi connectivity index (χ1v) is 12.9. The van der Waals surface area contributed by atoms with Crippen molar-refractivity contribution in [1.29, 1.82) is 5.41 Å². The first-order chi connectivity index (χ1) is 17.7. The number of nitrogens with zero attached hydrogens (tertiary/aromatic N) is 2. The number of aromatic nitrogens is 1. The molecule has 7 nitrogen and oxygen atoms in total. The number of halogens is 2. The lowest BCUT2D eigenvalue weighted by atomic mass is 9.78. The Bertz CT molecular complexity index is 1100. The summed E-state index contributed by atoms with van der Waals surface area (Å²) in [6, 6.07) is 5.79. The highest BCUT2D eigenvalue weighted by atomic mass is 19.1. The van der Waals surface area contributed by atoms with E-state index in [2.05, 4.69) is 15.6 Å². The Morgan fingerprint density at radius 2 is 1.78 bits per heavy atom. The maximum absolute atomic E-state index is 15.8. The number of rotatable bonds is 11. The molecule has 0 aliphatic heterocycles. The summed E-state index contributed by atoms with van der Waals surface area (Å²) in [6.45, 7) is 3.51. The van der Waals surface area contributed by atoms with Gasteiger partial charge in [0.25, 0.3) is 0 Å². The Labute approximate surface area is 217 Å². The molecule has 1 amide bonds. The number of likely N-dealkylation sites (N-methyl/N-ethyl adjacent to an activating group) is 1. The molecule has 2 aromatic rings. The Morgan fingerprint density at radius 3 is 2.38 bits per heavy atom. The summed E-state index contributed by atoms with van der Waals surface area (Å²) in [5.41, 5.74) is 0.510. The molecule has 9 heteroatoms. The van der Waals surface area contributed by atoms with E-state index in [1.54, 1.807) is 27.9 Å². The van der Waals surface area contributed by atoms with Gasteiger partial charge >= 0.3 is 0 Å². The van der Waals surface area contributed by atoms with Crippen LogP contribution in [-0.4, -0.2) is 48.6 Å². The van der Waals surface area contributed by atoms with Gasteiger partial charge in [0, 0.05) is 30.4 Å². The average Bonchev–Trinajstić information content (AvgIpc) is 2.92. The molecule has 200 valence electrons. The summed E-state index contributed by atoms with van der Waals surface area (Å²) in [6.07, 6.45) is 6.38. The molecule has 1 saturated carbocycles. The fraction of sp³-hybridized carbons (Fsp3) is 0.500. The van der Waals surface area contributed by atoms with Crippen LogP contribution in [0.5, 0.6) is 0 Å². The van der Waals surface area contributed by atoms with E-state index in [0.29, 0.717) is 12.1 Å². The van der Waals surface area contributed by atoms with Crippen LogP contribution in [0.4, 0.5) is 20.3 Å². The summed E-state index contributed by atoms with van der Waals surface area (Å²) in [7, 11) is 3.29. The number of carbonyl (C=O) groups is 2. The van der Waals surface area contributed by atoms with Crippen LogP contribution >= 0.6 is 0 Å². The van der Waals surface area contributed by atoms with Crippen molar-refractivity contribution in [3.63, 3.8) is 0 Å².